The predicted octanol–water partition coefficient (Wildman–Crippen LogP) is 3.74. The molecule has 1 aromatic heterocycles. The Bertz CT molecular complexity index is 718. The van der Waals surface area contributed by atoms with Crippen LogP contribution in [-0.2, 0) is 11.4 Å². The number of ether oxygens (including phenoxy) is 1. The van der Waals surface area contributed by atoms with E-state index in [9.17, 15) is 4.79 Å². The summed E-state index contributed by atoms with van der Waals surface area (Å²) in [6.45, 7) is 3.94. The summed E-state index contributed by atoms with van der Waals surface area (Å²) in [5.74, 6) is 0.723. The molecule has 1 atom stereocenters. The quantitative estimate of drug-likeness (QED) is 0.853. The largest absolute Gasteiger partial charge is 0.486 e. The Labute approximate surface area is 153 Å². The number of anilines is 1. The molecule has 6 heteroatoms. The van der Waals surface area contributed by atoms with Crippen LogP contribution < -0.4 is 10.1 Å². The molecule has 0 spiro atoms. The minimum Gasteiger partial charge on any atom is -0.486 e. The van der Waals surface area contributed by atoms with Gasteiger partial charge in [-0.15, -0.1) is 0 Å². The van der Waals surface area contributed by atoms with E-state index in [2.05, 4.69) is 10.3 Å². The second-order valence-electron chi connectivity index (χ2n) is 6.15. The SMILES string of the molecule is CC(Nc1ccc(OCc2ccccn2)c(Cl)c1)C(=O)N1CCCC1. The fourth-order valence-electron chi connectivity index (χ4n) is 2.87. The van der Waals surface area contributed by atoms with Crippen molar-refractivity contribution in [3.05, 3.63) is 53.3 Å². The lowest BCUT2D eigenvalue weighted by molar-refractivity contribution is -0.130. The van der Waals surface area contributed by atoms with Gasteiger partial charge in [-0.25, -0.2) is 0 Å². The summed E-state index contributed by atoms with van der Waals surface area (Å²) in [5, 5.41) is 3.72. The topological polar surface area (TPSA) is 54.5 Å². The van der Waals surface area contributed by atoms with Gasteiger partial charge >= 0.3 is 0 Å². The molecule has 0 aliphatic carbocycles. The van der Waals surface area contributed by atoms with E-state index >= 15 is 0 Å². The second-order valence-corrected chi connectivity index (χ2v) is 6.56. The van der Waals surface area contributed by atoms with Gasteiger partial charge in [0.2, 0.25) is 5.91 Å². The lowest BCUT2D eigenvalue weighted by Gasteiger charge is -2.22. The molecule has 5 nitrogen and oxygen atoms in total. The van der Waals surface area contributed by atoms with Crippen LogP contribution >= 0.6 is 11.6 Å². The summed E-state index contributed by atoms with van der Waals surface area (Å²) < 4.78 is 5.71. The van der Waals surface area contributed by atoms with E-state index in [0.29, 0.717) is 17.4 Å². The van der Waals surface area contributed by atoms with Crippen molar-refractivity contribution in [2.75, 3.05) is 18.4 Å². The zero-order valence-corrected chi connectivity index (χ0v) is 15.0. The lowest BCUT2D eigenvalue weighted by atomic mass is 10.2. The first-order valence-corrected chi connectivity index (χ1v) is 8.89. The highest BCUT2D eigenvalue weighted by Crippen LogP contribution is 2.28. The third-order valence-corrected chi connectivity index (χ3v) is 4.50. The Hall–Kier alpha value is -2.27. The molecule has 1 aliphatic heterocycles. The van der Waals surface area contributed by atoms with Gasteiger partial charge in [-0.1, -0.05) is 17.7 Å². The summed E-state index contributed by atoms with van der Waals surface area (Å²) in [6.07, 6.45) is 3.91. The van der Waals surface area contributed by atoms with Crippen LogP contribution in [-0.4, -0.2) is 34.9 Å². The summed E-state index contributed by atoms with van der Waals surface area (Å²) in [7, 11) is 0. The fraction of sp³-hybridized carbons (Fsp3) is 0.368. The van der Waals surface area contributed by atoms with Crippen molar-refractivity contribution in [3.8, 4) is 5.75 Å². The highest BCUT2D eigenvalue weighted by atomic mass is 35.5. The zero-order chi connectivity index (χ0) is 17.6. The van der Waals surface area contributed by atoms with Crippen LogP contribution in [0.5, 0.6) is 5.75 Å². The molecule has 1 aliphatic rings. The van der Waals surface area contributed by atoms with Crippen LogP contribution in [0.25, 0.3) is 0 Å². The van der Waals surface area contributed by atoms with Crippen LogP contribution in [0.3, 0.4) is 0 Å². The molecular formula is C19H22ClN3O2. The number of hydrogen-bond acceptors (Lipinski definition) is 4. The average Bonchev–Trinajstić information content (AvgIpc) is 3.16. The number of carbonyl (C=O) groups is 1. The van der Waals surface area contributed by atoms with Gasteiger partial charge in [-0.2, -0.15) is 0 Å². The summed E-state index contributed by atoms with van der Waals surface area (Å²) >= 11 is 6.31. The lowest BCUT2D eigenvalue weighted by Crippen LogP contribution is -2.39. The van der Waals surface area contributed by atoms with Gasteiger partial charge in [0.05, 0.1) is 10.7 Å². The number of benzene rings is 1. The zero-order valence-electron chi connectivity index (χ0n) is 14.2. The number of aromatic nitrogens is 1. The highest BCUT2D eigenvalue weighted by Gasteiger charge is 2.23. The van der Waals surface area contributed by atoms with E-state index in [4.69, 9.17) is 16.3 Å². The molecule has 1 amide bonds. The monoisotopic (exact) mass is 359 g/mol. The van der Waals surface area contributed by atoms with Gasteiger partial charge in [-0.3, -0.25) is 9.78 Å². The predicted molar refractivity (Wildman–Crippen MR) is 98.9 cm³/mol. The average molecular weight is 360 g/mol. The van der Waals surface area contributed by atoms with Crippen molar-refractivity contribution in [1.29, 1.82) is 0 Å². The molecular weight excluding hydrogens is 338 g/mol. The van der Waals surface area contributed by atoms with Crippen LogP contribution in [0.1, 0.15) is 25.5 Å². The van der Waals surface area contributed by atoms with E-state index in [-0.39, 0.29) is 11.9 Å². The number of halogens is 1. The first-order chi connectivity index (χ1) is 12.1. The Morgan fingerprint density at radius 2 is 2.12 bits per heavy atom. The minimum atomic E-state index is -0.283. The molecule has 1 aromatic carbocycles. The molecule has 2 aromatic rings. The Morgan fingerprint density at radius 3 is 2.80 bits per heavy atom. The van der Waals surface area contributed by atoms with Crippen molar-refractivity contribution in [2.24, 2.45) is 0 Å². The highest BCUT2D eigenvalue weighted by molar-refractivity contribution is 6.32. The van der Waals surface area contributed by atoms with E-state index < -0.39 is 0 Å². The number of carbonyl (C=O) groups excluding carboxylic acids is 1. The Balaban J connectivity index is 1.58. The number of hydrogen-bond donors (Lipinski definition) is 1. The number of pyridine rings is 1. The molecule has 25 heavy (non-hydrogen) atoms. The number of rotatable bonds is 6. The van der Waals surface area contributed by atoms with Crippen LogP contribution in [0.15, 0.2) is 42.6 Å². The summed E-state index contributed by atoms with van der Waals surface area (Å²) in [6, 6.07) is 10.8. The number of likely N-dealkylation sites (tertiary alicyclic amines) is 1. The molecule has 0 radical (unpaired) electrons. The number of amides is 1. The molecule has 0 bridgehead atoms. The van der Waals surface area contributed by atoms with Gasteiger partial charge < -0.3 is 15.0 Å². The van der Waals surface area contributed by atoms with Crippen molar-refractivity contribution in [2.45, 2.75) is 32.4 Å². The Kier molecular flexibility index (Phi) is 5.76. The van der Waals surface area contributed by atoms with Gasteiger partial charge in [0.1, 0.15) is 18.4 Å². The number of nitrogens with zero attached hydrogens (tertiary/aromatic N) is 2. The maximum Gasteiger partial charge on any atom is 0.244 e. The first kappa shape index (κ1) is 17.5. The van der Waals surface area contributed by atoms with Gasteiger partial charge in [-0.05, 0) is 50.1 Å². The van der Waals surface area contributed by atoms with Gasteiger partial charge in [0.15, 0.2) is 0 Å². The maximum atomic E-state index is 12.4. The summed E-state index contributed by atoms with van der Waals surface area (Å²) in [4.78, 5) is 18.5. The third kappa shape index (κ3) is 4.63. The first-order valence-electron chi connectivity index (χ1n) is 8.51. The second kappa shape index (κ2) is 8.21. The van der Waals surface area contributed by atoms with Crippen LogP contribution in [0.4, 0.5) is 5.69 Å². The third-order valence-electron chi connectivity index (χ3n) is 4.20. The van der Waals surface area contributed by atoms with E-state index in [0.717, 1.165) is 37.3 Å². The normalized spacial score (nSPS) is 15.0. The molecule has 2 heterocycles. The molecule has 1 N–H and O–H groups in total. The standard InChI is InChI=1S/C19H22ClN3O2/c1-14(19(24)23-10-4-5-11-23)22-15-7-8-18(17(20)12-15)25-13-16-6-2-3-9-21-16/h2-3,6-9,12,14,22H,4-5,10-11,13H2,1H3. The molecule has 132 valence electrons. The minimum absolute atomic E-state index is 0.129. The van der Waals surface area contributed by atoms with Crippen LogP contribution in [0, 0.1) is 0 Å². The smallest absolute Gasteiger partial charge is 0.244 e. The summed E-state index contributed by atoms with van der Waals surface area (Å²) in [5.41, 5.74) is 1.64. The van der Waals surface area contributed by atoms with E-state index in [1.807, 2.05) is 36.1 Å². The van der Waals surface area contributed by atoms with E-state index in [1.165, 1.54) is 0 Å². The Morgan fingerprint density at radius 1 is 1.32 bits per heavy atom. The van der Waals surface area contributed by atoms with Crippen molar-refractivity contribution >= 4 is 23.2 Å². The molecule has 1 unspecified atom stereocenters. The molecule has 3 rings (SSSR count). The molecule has 0 saturated carbocycles. The van der Waals surface area contributed by atoms with Crippen molar-refractivity contribution in [3.63, 3.8) is 0 Å². The van der Waals surface area contributed by atoms with Gasteiger partial charge in [0.25, 0.3) is 0 Å². The maximum absolute atomic E-state index is 12.4. The molecule has 1 fully saturated rings. The van der Waals surface area contributed by atoms with Crippen molar-refractivity contribution < 1.29 is 9.53 Å². The molecule has 1 saturated heterocycles. The van der Waals surface area contributed by atoms with E-state index in [1.54, 1.807) is 18.3 Å². The van der Waals surface area contributed by atoms with Crippen LogP contribution in [0.2, 0.25) is 5.02 Å². The fourth-order valence-corrected chi connectivity index (χ4v) is 3.10. The van der Waals surface area contributed by atoms with Gasteiger partial charge in [0, 0.05) is 25.0 Å². The number of nitrogens with one attached hydrogen (secondary N) is 1. The van der Waals surface area contributed by atoms with Crippen molar-refractivity contribution in [1.82, 2.24) is 9.88 Å².